The van der Waals surface area contributed by atoms with E-state index in [1.165, 1.54) is 12.3 Å². The fourth-order valence-electron chi connectivity index (χ4n) is 2.42. The summed E-state index contributed by atoms with van der Waals surface area (Å²) in [5, 5.41) is 28.2. The Bertz CT molecular complexity index is 846. The number of phosphoric ester groups is 1. The van der Waals surface area contributed by atoms with Gasteiger partial charge in [-0.05, 0) is 12.5 Å². The lowest BCUT2D eigenvalue weighted by atomic mass is 10.1. The molecule has 0 aromatic carbocycles. The number of aliphatic hydroxyl groups excluding tert-OH is 3. The third-order valence-corrected chi connectivity index (χ3v) is 6.04. The fourth-order valence-corrected chi connectivity index (χ4v) is 4.04. The minimum atomic E-state index is -4.98. The van der Waals surface area contributed by atoms with Crippen molar-refractivity contribution in [1.29, 1.82) is 0 Å². The van der Waals surface area contributed by atoms with E-state index in [-0.39, 0.29) is 12.4 Å². The van der Waals surface area contributed by atoms with Crippen LogP contribution in [0, 0.1) is 0 Å². The van der Waals surface area contributed by atoms with Crippen LogP contribution in [0.5, 0.6) is 0 Å². The summed E-state index contributed by atoms with van der Waals surface area (Å²) in [7, 11) is -9.60. The van der Waals surface area contributed by atoms with Crippen LogP contribution >= 0.6 is 15.6 Å². The van der Waals surface area contributed by atoms with E-state index in [0.717, 1.165) is 17.4 Å². The van der Waals surface area contributed by atoms with E-state index in [2.05, 4.69) is 13.8 Å². The molecule has 0 saturated carbocycles. The zero-order valence-corrected chi connectivity index (χ0v) is 18.3. The Hall–Kier alpha value is -1.22. The monoisotopic (exact) mass is 491 g/mol. The lowest BCUT2D eigenvalue weighted by Gasteiger charge is -2.16. The number of hydrogen-bond acceptors (Lipinski definition) is 11. The van der Waals surface area contributed by atoms with Crippen molar-refractivity contribution in [2.75, 3.05) is 18.9 Å². The summed E-state index contributed by atoms with van der Waals surface area (Å²) < 4.78 is 35.1. The van der Waals surface area contributed by atoms with Crippen LogP contribution in [0.1, 0.15) is 32.4 Å². The van der Waals surface area contributed by atoms with Crippen molar-refractivity contribution in [3.8, 4) is 0 Å². The minimum absolute atomic E-state index is 0.0537. The van der Waals surface area contributed by atoms with Crippen molar-refractivity contribution in [3.05, 3.63) is 22.7 Å². The highest BCUT2D eigenvalue weighted by Gasteiger charge is 2.43. The first kappa shape index (κ1) is 27.8. The van der Waals surface area contributed by atoms with Gasteiger partial charge in [-0.2, -0.15) is 9.29 Å². The molecule has 0 aliphatic carbocycles. The highest BCUT2D eigenvalue weighted by Crippen LogP contribution is 2.57. The number of aromatic nitrogens is 2. The maximum Gasteiger partial charge on any atom is 0.481 e. The molecule has 1 aliphatic rings. The zero-order chi connectivity index (χ0) is 23.8. The molecule has 8 N–H and O–H groups in total. The quantitative estimate of drug-likeness (QED) is 0.159. The summed E-state index contributed by atoms with van der Waals surface area (Å²) >= 11 is 0. The van der Waals surface area contributed by atoms with Crippen LogP contribution in [0.3, 0.4) is 0 Å². The van der Waals surface area contributed by atoms with E-state index >= 15 is 0 Å². The van der Waals surface area contributed by atoms with Gasteiger partial charge in [0.2, 0.25) is 0 Å². The number of hydrogen-bond donors (Lipinski definition) is 7. The summed E-state index contributed by atoms with van der Waals surface area (Å²) in [4.78, 5) is 40.2. The maximum atomic E-state index is 11.5. The highest BCUT2D eigenvalue weighted by atomic mass is 31.3. The van der Waals surface area contributed by atoms with Gasteiger partial charge in [0.1, 0.15) is 24.1 Å². The summed E-state index contributed by atoms with van der Waals surface area (Å²) in [6, 6.07) is 1.37. The molecule has 0 bridgehead atoms. The van der Waals surface area contributed by atoms with Gasteiger partial charge in [0.25, 0.3) is 0 Å². The van der Waals surface area contributed by atoms with Crippen molar-refractivity contribution >= 4 is 21.5 Å². The van der Waals surface area contributed by atoms with E-state index in [0.29, 0.717) is 6.42 Å². The lowest BCUT2D eigenvalue weighted by Crippen LogP contribution is -2.36. The third kappa shape index (κ3) is 9.43. The second-order valence-corrected chi connectivity index (χ2v) is 9.18. The van der Waals surface area contributed by atoms with Gasteiger partial charge in [0, 0.05) is 6.20 Å². The molecule has 0 amide bonds. The molecule has 1 fully saturated rings. The molecule has 17 heteroatoms. The van der Waals surface area contributed by atoms with Crippen molar-refractivity contribution < 1.29 is 52.7 Å². The van der Waals surface area contributed by atoms with Crippen molar-refractivity contribution in [3.63, 3.8) is 0 Å². The number of rotatable bonds is 9. The van der Waals surface area contributed by atoms with Gasteiger partial charge >= 0.3 is 21.3 Å². The molecular formula is C14H27N3O12P2. The molecule has 0 spiro atoms. The van der Waals surface area contributed by atoms with Crippen LogP contribution in [0.2, 0.25) is 0 Å². The molecule has 1 aliphatic heterocycles. The summed E-state index contributed by atoms with van der Waals surface area (Å²) in [5.74, 6) is 0.0537. The molecule has 1 saturated heterocycles. The number of nitrogen functional groups attached to an aromatic ring is 1. The third-order valence-electron chi connectivity index (χ3n) is 3.85. The largest absolute Gasteiger partial charge is 0.481 e. The molecule has 15 nitrogen and oxygen atoms in total. The van der Waals surface area contributed by atoms with Gasteiger partial charge in [0.05, 0.1) is 13.2 Å². The predicted octanol–water partition coefficient (Wildman–Crippen LogP) is -1.16. The van der Waals surface area contributed by atoms with Crippen LogP contribution < -0.4 is 11.4 Å². The van der Waals surface area contributed by atoms with Crippen LogP contribution in [0.25, 0.3) is 0 Å². The zero-order valence-electron chi connectivity index (χ0n) is 16.5. The number of unbranched alkanes of at least 4 members (excludes halogenated alkanes) is 2. The SMILES string of the molecule is CCCCCOP(=O)(O)OP(=O)(O)O.Nc1ccn([C@@H]2O[C@H](CO)[C@@H](O)[C@H]2O)c(=O)n1. The van der Waals surface area contributed by atoms with E-state index in [4.69, 9.17) is 30.3 Å². The van der Waals surface area contributed by atoms with E-state index in [1.54, 1.807) is 0 Å². The number of nitrogens with two attached hydrogens (primary N) is 1. The molecule has 1 aromatic rings. The Kier molecular flexibility index (Phi) is 10.9. The Morgan fingerprint density at radius 3 is 2.35 bits per heavy atom. The Morgan fingerprint density at radius 1 is 1.23 bits per heavy atom. The minimum Gasteiger partial charge on any atom is -0.394 e. The Labute approximate surface area is 176 Å². The van der Waals surface area contributed by atoms with Gasteiger partial charge in [-0.25, -0.2) is 13.9 Å². The number of aliphatic hydroxyl groups is 3. The van der Waals surface area contributed by atoms with Crippen LogP contribution in [-0.2, 0) is 22.7 Å². The number of ether oxygens (including phenoxy) is 1. The lowest BCUT2D eigenvalue weighted by molar-refractivity contribution is -0.0549. The highest BCUT2D eigenvalue weighted by molar-refractivity contribution is 7.60. The second kappa shape index (κ2) is 12.1. The Balaban J connectivity index is 0.000000318. The summed E-state index contributed by atoms with van der Waals surface area (Å²) in [5.41, 5.74) is 4.63. The topological polar surface area (TPSA) is 244 Å². The smallest absolute Gasteiger partial charge is 0.394 e. The molecule has 0 radical (unpaired) electrons. The second-order valence-electron chi connectivity index (χ2n) is 6.35. The van der Waals surface area contributed by atoms with Crippen LogP contribution in [0.15, 0.2) is 17.1 Å². The van der Waals surface area contributed by atoms with Gasteiger partial charge in [-0.15, -0.1) is 0 Å². The Morgan fingerprint density at radius 2 is 1.87 bits per heavy atom. The number of anilines is 1. The first-order chi connectivity index (χ1) is 14.3. The van der Waals surface area contributed by atoms with E-state index in [1.807, 2.05) is 6.92 Å². The number of nitrogens with zero attached hydrogens (tertiary/aromatic N) is 2. The van der Waals surface area contributed by atoms with Crippen molar-refractivity contribution in [2.45, 2.75) is 50.7 Å². The first-order valence-corrected chi connectivity index (χ1v) is 12.0. The first-order valence-electron chi connectivity index (χ1n) is 9.02. The summed E-state index contributed by atoms with van der Waals surface area (Å²) in [6.45, 7) is 1.41. The predicted molar refractivity (Wildman–Crippen MR) is 104 cm³/mol. The molecule has 5 atom stereocenters. The van der Waals surface area contributed by atoms with Crippen molar-refractivity contribution in [1.82, 2.24) is 9.55 Å². The van der Waals surface area contributed by atoms with Crippen LogP contribution in [0.4, 0.5) is 5.82 Å². The molecule has 31 heavy (non-hydrogen) atoms. The molecule has 2 heterocycles. The maximum absolute atomic E-state index is 11.5. The molecular weight excluding hydrogens is 464 g/mol. The van der Waals surface area contributed by atoms with E-state index < -0.39 is 52.5 Å². The average molecular weight is 491 g/mol. The molecule has 2 rings (SSSR count). The molecule has 180 valence electrons. The standard InChI is InChI=1S/C9H13N3O5.C5H14O7P2/c10-5-1-2-12(9(16)11-5)8-7(15)6(14)4(3-13)17-8;1-2-3-4-5-11-14(9,10)12-13(6,7)8/h1-2,4,6-8,13-15H,3H2,(H2,10,11,16);2-5H2,1H3,(H,9,10)(H2,6,7,8)/t4-,6-,7-,8-;/m1./s1. The van der Waals surface area contributed by atoms with Gasteiger partial charge in [0.15, 0.2) is 6.23 Å². The normalized spacial score (nSPS) is 25.5. The molecule has 1 unspecified atom stereocenters. The molecule has 1 aromatic heterocycles. The van der Waals surface area contributed by atoms with E-state index in [9.17, 15) is 24.1 Å². The summed E-state index contributed by atoms with van der Waals surface area (Å²) in [6.07, 6.45) is -1.03. The average Bonchev–Trinajstić information content (AvgIpc) is 2.92. The fraction of sp³-hybridized carbons (Fsp3) is 0.714. The number of phosphoric acid groups is 2. The van der Waals surface area contributed by atoms with Gasteiger partial charge in [-0.1, -0.05) is 19.8 Å². The van der Waals surface area contributed by atoms with Gasteiger partial charge < -0.3 is 40.5 Å². The van der Waals surface area contributed by atoms with Gasteiger partial charge in [-0.3, -0.25) is 9.09 Å². The van der Waals surface area contributed by atoms with Crippen LogP contribution in [-0.4, -0.2) is 71.1 Å². The van der Waals surface area contributed by atoms with Crippen molar-refractivity contribution in [2.24, 2.45) is 0 Å².